The first kappa shape index (κ1) is 56.4. The number of rotatable bonds is 28. The van der Waals surface area contributed by atoms with Crippen molar-refractivity contribution in [3.05, 3.63) is 154 Å². The van der Waals surface area contributed by atoms with Gasteiger partial charge in [-0.25, -0.2) is 18.7 Å². The molecule has 0 bridgehead atoms. The second kappa shape index (κ2) is 26.0. The Morgan fingerprint density at radius 1 is 0.539 bits per heavy atom. The third-order valence-electron chi connectivity index (χ3n) is 14.8. The summed E-state index contributed by atoms with van der Waals surface area (Å²) in [5.74, 6) is 2.23. The molecule has 0 radical (unpaired) electrons. The van der Waals surface area contributed by atoms with E-state index in [-0.39, 0.29) is 49.2 Å². The predicted molar refractivity (Wildman–Crippen MR) is 296 cm³/mol. The topological polar surface area (TPSA) is 105 Å². The van der Waals surface area contributed by atoms with Gasteiger partial charge in [0.25, 0.3) is 0 Å². The summed E-state index contributed by atoms with van der Waals surface area (Å²) in [6.07, 6.45) is 6.75. The van der Waals surface area contributed by atoms with Gasteiger partial charge in [0, 0.05) is 76.9 Å². The van der Waals surface area contributed by atoms with Gasteiger partial charge in [-0.05, 0) is 162 Å². The molecule has 2 heterocycles. The molecule has 14 heteroatoms. The zero-order valence-corrected chi connectivity index (χ0v) is 46.8. The van der Waals surface area contributed by atoms with Crippen LogP contribution in [0.5, 0.6) is 23.3 Å². The van der Waals surface area contributed by atoms with Crippen molar-refractivity contribution in [2.75, 3.05) is 27.4 Å². The minimum Gasteiger partial charge on any atom is -0.489 e. The number of ether oxygens (including phenoxy) is 4. The predicted octanol–water partition coefficient (Wildman–Crippen LogP) is 14.9. The molecule has 2 fully saturated rings. The lowest BCUT2D eigenvalue weighted by Crippen LogP contribution is -2.36. The second-order valence-corrected chi connectivity index (χ2v) is 22.5. The van der Waals surface area contributed by atoms with E-state index in [0.29, 0.717) is 72.5 Å². The summed E-state index contributed by atoms with van der Waals surface area (Å²) in [4.78, 5) is 12.9. The molecule has 2 saturated carbocycles. The molecular formula is C62H76F2N4O7P+. The van der Waals surface area contributed by atoms with Gasteiger partial charge in [-0.3, -0.25) is 9.80 Å². The molecule has 404 valence electrons. The molecule has 0 N–H and O–H groups in total. The average Bonchev–Trinajstić information content (AvgIpc) is 4.37. The summed E-state index contributed by atoms with van der Waals surface area (Å²) in [5.41, 5.74) is 8.53. The van der Waals surface area contributed by atoms with Crippen LogP contribution in [0, 0.1) is 23.5 Å². The van der Waals surface area contributed by atoms with Gasteiger partial charge in [0.05, 0.1) is 26.6 Å². The smallest absolute Gasteiger partial charge is 0.489 e. The van der Waals surface area contributed by atoms with Gasteiger partial charge in [0.1, 0.15) is 49.6 Å². The molecule has 0 amide bonds. The van der Waals surface area contributed by atoms with Crippen molar-refractivity contribution < 1.29 is 41.3 Å². The SMILES string of the molecule is COc1cc(-c2ccc(OCc3cccc(C(CO[P+](=O)OCC(c4cccc(COc5ccc(-c6cc(OC)ncc6F)c(CN(C(C)C)C(C)C)c5)c4)C4CC4)C4CC4)c3)cc2CN(C(C)C)C(C)C)c(F)cn1. The Morgan fingerprint density at radius 2 is 0.934 bits per heavy atom. The standard InChI is InChI=1S/C62H76F2N4O7P/c1-39(2)67(40(3)4)33-49-27-51(21-23-53(49)55-29-61(70-9)65-31-59(55)63)72-35-43-13-11-15-47(25-43)57(45-17-18-45)37-74-76(69)75-38-58(46-19-20-46)48-16-12-14-44(26-48)36-73-52-22-24-54(56-30-62(71-10)66-32-60(56)64)50(28-52)34-68(41(5)6)42(7)8/h11-16,21-32,39-42,45-46,57-58H,17-20,33-38H2,1-10H3/q+1. The van der Waals surface area contributed by atoms with Crippen LogP contribution >= 0.6 is 8.25 Å². The third-order valence-corrected chi connectivity index (χ3v) is 15.6. The van der Waals surface area contributed by atoms with Gasteiger partial charge in [0.15, 0.2) is 0 Å². The first-order valence-corrected chi connectivity index (χ1v) is 28.0. The second-order valence-electron chi connectivity index (χ2n) is 21.5. The fraction of sp³-hybridized carbons (Fsp3) is 0.452. The van der Waals surface area contributed by atoms with Gasteiger partial charge in [0.2, 0.25) is 11.8 Å². The fourth-order valence-corrected chi connectivity index (χ4v) is 11.0. The maximum absolute atomic E-state index is 15.3. The number of aromatic nitrogens is 2. The van der Waals surface area contributed by atoms with E-state index in [1.54, 1.807) is 12.1 Å². The van der Waals surface area contributed by atoms with Crippen LogP contribution in [0.3, 0.4) is 0 Å². The highest BCUT2D eigenvalue weighted by Crippen LogP contribution is 2.47. The molecule has 4 aromatic carbocycles. The van der Waals surface area contributed by atoms with Crippen LogP contribution in [-0.2, 0) is 39.9 Å². The van der Waals surface area contributed by atoms with Crippen LogP contribution < -0.4 is 18.9 Å². The Bertz CT molecular complexity index is 2700. The summed E-state index contributed by atoms with van der Waals surface area (Å²) in [5, 5.41) is 0. The summed E-state index contributed by atoms with van der Waals surface area (Å²) < 4.78 is 79.8. The molecular weight excluding hydrogens is 982 g/mol. The maximum atomic E-state index is 15.3. The van der Waals surface area contributed by atoms with Crippen LogP contribution in [0.25, 0.3) is 22.3 Å². The Balaban J connectivity index is 0.892. The largest absolute Gasteiger partial charge is 0.697 e. The minimum atomic E-state index is -2.37. The van der Waals surface area contributed by atoms with Crippen molar-refractivity contribution in [2.24, 2.45) is 11.8 Å². The molecule has 2 aliphatic rings. The van der Waals surface area contributed by atoms with Crippen molar-refractivity contribution in [1.29, 1.82) is 0 Å². The molecule has 2 aliphatic carbocycles. The van der Waals surface area contributed by atoms with Crippen LogP contribution in [-0.4, -0.2) is 71.4 Å². The molecule has 0 saturated heterocycles. The zero-order chi connectivity index (χ0) is 54.0. The number of halogens is 2. The lowest BCUT2D eigenvalue weighted by atomic mass is 9.94. The van der Waals surface area contributed by atoms with E-state index in [1.807, 2.05) is 48.5 Å². The molecule has 6 aromatic rings. The summed E-state index contributed by atoms with van der Waals surface area (Å²) in [6.45, 7) is 19.8. The maximum Gasteiger partial charge on any atom is 0.697 e. The molecule has 0 aliphatic heterocycles. The average molecular weight is 1060 g/mol. The number of pyridine rings is 2. The summed E-state index contributed by atoms with van der Waals surface area (Å²) in [6, 6.07) is 32.7. The highest BCUT2D eigenvalue weighted by Gasteiger charge is 2.38. The van der Waals surface area contributed by atoms with E-state index in [1.165, 1.54) is 26.6 Å². The molecule has 2 unspecified atom stereocenters. The first-order valence-electron chi connectivity index (χ1n) is 26.9. The van der Waals surface area contributed by atoms with E-state index in [4.69, 9.17) is 28.0 Å². The Hall–Kier alpha value is -5.82. The van der Waals surface area contributed by atoms with Crippen molar-refractivity contribution in [3.8, 4) is 45.5 Å². The minimum absolute atomic E-state index is 0.0616. The Kier molecular flexibility index (Phi) is 19.3. The van der Waals surface area contributed by atoms with E-state index in [2.05, 4.69) is 112 Å². The number of benzene rings is 4. The van der Waals surface area contributed by atoms with Crippen LogP contribution in [0.4, 0.5) is 8.78 Å². The quantitative estimate of drug-likeness (QED) is 0.0439. The molecule has 2 atom stereocenters. The van der Waals surface area contributed by atoms with Crippen molar-refractivity contribution in [2.45, 2.75) is 143 Å². The van der Waals surface area contributed by atoms with Gasteiger partial charge < -0.3 is 18.9 Å². The molecule has 11 nitrogen and oxygen atoms in total. The van der Waals surface area contributed by atoms with Crippen LogP contribution in [0.2, 0.25) is 0 Å². The third kappa shape index (κ3) is 14.8. The molecule has 2 aromatic heterocycles. The molecule has 8 rings (SSSR count). The van der Waals surface area contributed by atoms with Gasteiger partial charge in [-0.15, -0.1) is 9.05 Å². The summed E-state index contributed by atoms with van der Waals surface area (Å²) in [7, 11) is 0.684. The zero-order valence-electron chi connectivity index (χ0n) is 45.9. The lowest BCUT2D eigenvalue weighted by Gasteiger charge is -2.31. The van der Waals surface area contributed by atoms with Gasteiger partial charge >= 0.3 is 8.25 Å². The van der Waals surface area contributed by atoms with E-state index in [0.717, 1.165) is 70.2 Å². The van der Waals surface area contributed by atoms with Gasteiger partial charge in [-0.2, -0.15) is 0 Å². The van der Waals surface area contributed by atoms with Crippen LogP contribution in [0.1, 0.15) is 126 Å². The molecule has 76 heavy (non-hydrogen) atoms. The number of hydrogen-bond donors (Lipinski definition) is 0. The number of hydrogen-bond acceptors (Lipinski definition) is 11. The highest BCUT2D eigenvalue weighted by atomic mass is 31.1. The van der Waals surface area contributed by atoms with Crippen LogP contribution in [0.15, 0.2) is 109 Å². The Labute approximate surface area is 450 Å². The van der Waals surface area contributed by atoms with Crippen molar-refractivity contribution >= 4 is 8.25 Å². The monoisotopic (exact) mass is 1060 g/mol. The number of nitrogens with zero attached hydrogens (tertiary/aromatic N) is 4. The first-order chi connectivity index (χ1) is 36.6. The lowest BCUT2D eigenvalue weighted by molar-refractivity contribution is 0.166. The number of methoxy groups -OCH3 is 2. The van der Waals surface area contributed by atoms with E-state index >= 15 is 8.78 Å². The van der Waals surface area contributed by atoms with Gasteiger partial charge in [-0.1, -0.05) is 60.7 Å². The Morgan fingerprint density at radius 3 is 1.29 bits per heavy atom. The highest BCUT2D eigenvalue weighted by molar-refractivity contribution is 7.33. The fourth-order valence-electron chi connectivity index (χ4n) is 10.4. The normalized spacial score (nSPS) is 14.8. The molecule has 0 spiro atoms. The van der Waals surface area contributed by atoms with Crippen molar-refractivity contribution in [1.82, 2.24) is 19.8 Å². The van der Waals surface area contributed by atoms with E-state index in [9.17, 15) is 4.57 Å². The summed E-state index contributed by atoms with van der Waals surface area (Å²) >= 11 is 0. The van der Waals surface area contributed by atoms with E-state index < -0.39 is 19.9 Å². The van der Waals surface area contributed by atoms with Crippen molar-refractivity contribution in [3.63, 3.8) is 0 Å².